The zero-order valence-electron chi connectivity index (χ0n) is 25.6. The van der Waals surface area contributed by atoms with Gasteiger partial charge in [0.2, 0.25) is 0 Å². The molecule has 12 heteroatoms. The molecule has 45 heavy (non-hydrogen) atoms. The van der Waals surface area contributed by atoms with Crippen LogP contribution < -0.4 is 9.46 Å². The third kappa shape index (κ3) is 11.0. The van der Waals surface area contributed by atoms with E-state index in [4.69, 9.17) is 21.1 Å². The van der Waals surface area contributed by atoms with Crippen molar-refractivity contribution in [3.8, 4) is 5.75 Å². The lowest BCUT2D eigenvalue weighted by Crippen LogP contribution is -2.35. The number of hydrogen-bond donors (Lipinski definition) is 1. The summed E-state index contributed by atoms with van der Waals surface area (Å²) in [5.41, 5.74) is 2.37. The molecular formula is C33H38ClN3O7S. The number of ether oxygens (including phenoxy) is 2. The van der Waals surface area contributed by atoms with E-state index in [-0.39, 0.29) is 29.6 Å². The second-order valence-corrected chi connectivity index (χ2v) is 13.1. The normalized spacial score (nSPS) is 13.5. The van der Waals surface area contributed by atoms with Crippen LogP contribution in [-0.4, -0.2) is 33.5 Å². The molecule has 0 aromatic heterocycles. The predicted octanol–water partition coefficient (Wildman–Crippen LogP) is 8.18. The van der Waals surface area contributed by atoms with Gasteiger partial charge >= 0.3 is 11.8 Å². The highest BCUT2D eigenvalue weighted by Gasteiger charge is 2.24. The summed E-state index contributed by atoms with van der Waals surface area (Å²) in [6.45, 7) is 9.34. The van der Waals surface area contributed by atoms with Crippen molar-refractivity contribution >= 4 is 39.2 Å². The summed E-state index contributed by atoms with van der Waals surface area (Å²) >= 11 is 6.09. The summed E-state index contributed by atoms with van der Waals surface area (Å²) in [6, 6.07) is 18.3. The summed E-state index contributed by atoms with van der Waals surface area (Å²) in [7, 11) is -3.68. The molecule has 0 aliphatic carbocycles. The number of nitro benzene ring substituents is 1. The molecule has 0 aliphatic heterocycles. The molecule has 2 amide bonds. The van der Waals surface area contributed by atoms with E-state index in [1.165, 1.54) is 12.1 Å². The van der Waals surface area contributed by atoms with Crippen LogP contribution in [0, 0.1) is 23.0 Å². The van der Waals surface area contributed by atoms with Crippen molar-refractivity contribution in [1.29, 1.82) is 0 Å². The maximum absolute atomic E-state index is 13.8. The highest BCUT2D eigenvalue weighted by atomic mass is 35.5. The van der Waals surface area contributed by atoms with Crippen LogP contribution in [0.5, 0.6) is 5.75 Å². The van der Waals surface area contributed by atoms with Crippen LogP contribution in [0.3, 0.4) is 0 Å². The number of hydrogen-bond acceptors (Lipinski definition) is 7. The second-order valence-electron chi connectivity index (χ2n) is 10.7. The Morgan fingerprint density at radius 2 is 1.84 bits per heavy atom. The number of carbonyl (C=O) groups excluding carboxylic acids is 2. The summed E-state index contributed by atoms with van der Waals surface area (Å²) in [5.74, 6) is -1.43. The third-order valence-electron chi connectivity index (χ3n) is 6.92. The minimum absolute atomic E-state index is 0.00701. The molecule has 1 N–H and O–H groups in total. The Labute approximate surface area is 269 Å². The lowest BCUT2D eigenvalue weighted by molar-refractivity contribution is -0.385. The zero-order valence-corrected chi connectivity index (χ0v) is 27.1. The molecule has 0 heterocycles. The van der Waals surface area contributed by atoms with Gasteiger partial charge in [0.15, 0.2) is 5.75 Å². The van der Waals surface area contributed by atoms with Gasteiger partial charge in [-0.25, -0.2) is 13.7 Å². The van der Waals surface area contributed by atoms with E-state index in [1.807, 2.05) is 31.2 Å². The van der Waals surface area contributed by atoms with Gasteiger partial charge in [0.1, 0.15) is 16.0 Å². The molecular weight excluding hydrogens is 618 g/mol. The molecule has 3 aromatic carbocycles. The van der Waals surface area contributed by atoms with E-state index in [2.05, 4.69) is 15.7 Å². The molecule has 0 aliphatic rings. The fourth-order valence-electron chi connectivity index (χ4n) is 4.56. The molecule has 0 spiro atoms. The Balaban J connectivity index is 1.73. The van der Waals surface area contributed by atoms with Gasteiger partial charge in [-0.1, -0.05) is 61.0 Å². The third-order valence-corrected chi connectivity index (χ3v) is 9.12. The zero-order chi connectivity index (χ0) is 33.0. The van der Waals surface area contributed by atoms with Crippen LogP contribution in [0.1, 0.15) is 66.3 Å². The molecule has 3 rings (SSSR count). The van der Waals surface area contributed by atoms with E-state index in [0.29, 0.717) is 17.9 Å². The molecule has 10 nitrogen and oxygen atoms in total. The Bertz CT molecular complexity index is 1640. The lowest BCUT2D eigenvalue weighted by Gasteiger charge is -2.18. The summed E-state index contributed by atoms with van der Waals surface area (Å²) in [6.07, 6.45) is 2.60. The minimum atomic E-state index is -3.68. The van der Waals surface area contributed by atoms with E-state index in [9.17, 15) is 23.9 Å². The first kappa shape index (κ1) is 35.3. The molecule has 240 valence electrons. The van der Waals surface area contributed by atoms with Gasteiger partial charge in [-0.15, -0.1) is 10.9 Å². The number of amides is 2. The van der Waals surface area contributed by atoms with Gasteiger partial charge in [0.25, 0.3) is 5.91 Å². The SMILES string of the molecule is C=CC[C@H](C)CS(=O)(=NC(=O)c1ccc(OCCCCc2cc(Cl)ccc2C)c([N+](=O)[O-])c1)NC(=O)O[C@@H](C)c1ccccc1. The maximum atomic E-state index is 13.8. The van der Waals surface area contributed by atoms with Crippen LogP contribution >= 0.6 is 11.6 Å². The fraction of sp³-hybridized carbons (Fsp3) is 0.333. The molecule has 0 saturated carbocycles. The topological polar surface area (TPSA) is 137 Å². The van der Waals surface area contributed by atoms with Gasteiger partial charge in [-0.3, -0.25) is 14.9 Å². The van der Waals surface area contributed by atoms with Crippen molar-refractivity contribution < 1.29 is 28.2 Å². The number of aryl methyl sites for hydroxylation is 2. The average molecular weight is 656 g/mol. The van der Waals surface area contributed by atoms with Gasteiger partial charge in [0, 0.05) is 16.7 Å². The monoisotopic (exact) mass is 655 g/mol. The first-order valence-electron chi connectivity index (χ1n) is 14.5. The number of nitro groups is 1. The number of carbonyl (C=O) groups is 2. The largest absolute Gasteiger partial charge is 0.487 e. The van der Waals surface area contributed by atoms with Gasteiger partial charge in [0.05, 0.1) is 17.3 Å². The van der Waals surface area contributed by atoms with Crippen molar-refractivity contribution in [2.75, 3.05) is 12.4 Å². The van der Waals surface area contributed by atoms with E-state index < -0.39 is 38.6 Å². The Hall–Kier alpha value is -4.22. The number of allylic oxidation sites excluding steroid dienone is 1. The highest BCUT2D eigenvalue weighted by molar-refractivity contribution is 7.92. The second kappa shape index (κ2) is 16.7. The quantitative estimate of drug-likeness (QED) is 0.0754. The van der Waals surface area contributed by atoms with Crippen molar-refractivity contribution in [3.63, 3.8) is 0 Å². The van der Waals surface area contributed by atoms with Gasteiger partial charge in [-0.2, -0.15) is 0 Å². The number of unbranched alkanes of at least 4 members (excludes halogenated alkanes) is 1. The Morgan fingerprint density at radius 1 is 1.11 bits per heavy atom. The average Bonchev–Trinajstić information content (AvgIpc) is 2.98. The van der Waals surface area contributed by atoms with E-state index in [1.54, 1.807) is 44.2 Å². The van der Waals surface area contributed by atoms with E-state index >= 15 is 0 Å². The molecule has 3 atom stereocenters. The highest BCUT2D eigenvalue weighted by Crippen LogP contribution is 2.29. The number of rotatable bonds is 15. The molecule has 3 aromatic rings. The first-order valence-corrected chi connectivity index (χ1v) is 16.6. The van der Waals surface area contributed by atoms with Crippen LogP contribution in [0.2, 0.25) is 5.02 Å². The molecule has 0 saturated heterocycles. The molecule has 0 radical (unpaired) electrons. The summed E-state index contributed by atoms with van der Waals surface area (Å²) in [5, 5.41) is 12.5. The number of benzene rings is 3. The van der Waals surface area contributed by atoms with Gasteiger partial charge in [-0.05, 0) is 86.4 Å². The minimum Gasteiger partial charge on any atom is -0.487 e. The fourth-order valence-corrected chi connectivity index (χ4v) is 6.55. The Morgan fingerprint density at radius 3 is 2.53 bits per heavy atom. The molecule has 1 unspecified atom stereocenters. The molecule has 0 fully saturated rings. The number of nitrogens with zero attached hydrogens (tertiary/aromatic N) is 2. The first-order chi connectivity index (χ1) is 21.4. The Kier molecular flexibility index (Phi) is 13.1. The maximum Gasteiger partial charge on any atom is 0.420 e. The summed E-state index contributed by atoms with van der Waals surface area (Å²) in [4.78, 5) is 37.1. The van der Waals surface area contributed by atoms with Crippen molar-refractivity contribution in [2.24, 2.45) is 10.3 Å². The van der Waals surface area contributed by atoms with Crippen LogP contribution in [0.25, 0.3) is 0 Å². The molecule has 0 bridgehead atoms. The summed E-state index contributed by atoms with van der Waals surface area (Å²) < 4.78 is 31.0. The van der Waals surface area contributed by atoms with E-state index in [0.717, 1.165) is 35.6 Å². The van der Waals surface area contributed by atoms with Crippen molar-refractivity contribution in [2.45, 2.75) is 52.6 Å². The smallest absolute Gasteiger partial charge is 0.420 e. The standard InChI is InChI=1S/C33H38ClN3O7S/c1-5-11-23(2)22-45(42,36-33(39)44-25(4)26-12-7-6-8-13-26)35-32(38)28-16-18-31(30(21-28)37(40)41)43-19-10-9-14-27-20-29(34)17-15-24(27)3/h5-8,12-13,15-18,20-21,23,25H,1,9-11,14,19,22H2,2-4H3,(H,35,36,38,39,42)/t23-,25-,45?/m0/s1. The number of nitrogens with one attached hydrogen (secondary N) is 1. The van der Waals surface area contributed by atoms with Crippen molar-refractivity contribution in [3.05, 3.63) is 117 Å². The van der Waals surface area contributed by atoms with Crippen LogP contribution in [-0.2, 0) is 21.1 Å². The predicted molar refractivity (Wildman–Crippen MR) is 176 cm³/mol. The van der Waals surface area contributed by atoms with Crippen molar-refractivity contribution in [1.82, 2.24) is 4.72 Å². The van der Waals surface area contributed by atoms with Crippen LogP contribution in [0.4, 0.5) is 10.5 Å². The van der Waals surface area contributed by atoms with Crippen LogP contribution in [0.15, 0.2) is 83.7 Å². The van der Waals surface area contributed by atoms with Gasteiger partial charge < -0.3 is 9.47 Å². The number of halogens is 1. The lowest BCUT2D eigenvalue weighted by atomic mass is 10.0.